The molecule has 0 aliphatic heterocycles. The predicted molar refractivity (Wildman–Crippen MR) is 53.9 cm³/mol. The van der Waals surface area contributed by atoms with Crippen LogP contribution in [0.4, 0.5) is 0 Å². The Hall–Kier alpha value is -0.180. The third kappa shape index (κ3) is 2.41. The third-order valence-corrected chi connectivity index (χ3v) is 2.99. The summed E-state index contributed by atoms with van der Waals surface area (Å²) in [6.45, 7) is 0. The van der Waals surface area contributed by atoms with Crippen LogP contribution in [0.3, 0.4) is 0 Å². The summed E-state index contributed by atoms with van der Waals surface area (Å²) < 4.78 is -0.700. The van der Waals surface area contributed by atoms with Crippen molar-refractivity contribution < 1.29 is 4.79 Å². The number of hydrogen-bond donors (Lipinski definition) is 0. The molecule has 4 heteroatoms. The molecule has 1 aromatic rings. The van der Waals surface area contributed by atoms with Crippen molar-refractivity contribution in [1.29, 1.82) is 0 Å². The number of ketones is 1. The molecule has 1 aromatic carbocycles. The molecule has 0 spiro atoms. The number of carbonyl (C=O) groups is 1. The second-order valence-corrected chi connectivity index (χ2v) is 4.01. The summed E-state index contributed by atoms with van der Waals surface area (Å²) in [5, 5.41) is 0. The quantitative estimate of drug-likeness (QED) is 0.575. The van der Waals surface area contributed by atoms with Crippen molar-refractivity contribution in [3.05, 3.63) is 35.9 Å². The van der Waals surface area contributed by atoms with Gasteiger partial charge in [0.25, 0.3) is 0 Å². The second-order valence-electron chi connectivity index (χ2n) is 2.14. The molecule has 1 rings (SSSR count). The number of halogens is 2. The number of Topliss-reactive ketones (excluding diaryl/α,β-unsaturated/α-hetero) is 1. The normalized spacial score (nSPS) is 12.5. The molecule has 0 N–H and O–H groups in total. The minimum atomic E-state index is -0.700. The fourth-order valence-corrected chi connectivity index (χ4v) is 1.36. The highest BCUT2D eigenvalue weighted by molar-refractivity contribution is 8.22. The summed E-state index contributed by atoms with van der Waals surface area (Å²) in [4.78, 5) is 11.3. The van der Waals surface area contributed by atoms with Gasteiger partial charge in [-0.3, -0.25) is 4.79 Å². The van der Waals surface area contributed by atoms with E-state index in [0.717, 1.165) is 11.0 Å². The van der Waals surface area contributed by atoms with Crippen LogP contribution in [-0.2, 0) is 0 Å². The smallest absolute Gasteiger partial charge is 0.191 e. The molecule has 0 heterocycles. The highest BCUT2D eigenvalue weighted by Gasteiger charge is 2.16. The van der Waals surface area contributed by atoms with Crippen LogP contribution in [0.2, 0.25) is 0 Å². The lowest BCUT2D eigenvalue weighted by Crippen LogP contribution is -2.08. The average molecular weight is 221 g/mol. The molecule has 1 nitrogen and oxygen atoms in total. The molecule has 0 aromatic heterocycles. The molecule has 1 atom stereocenters. The Bertz CT molecular complexity index is 263. The molecule has 64 valence electrons. The number of hydrogen-bond acceptors (Lipinski definition) is 2. The van der Waals surface area contributed by atoms with Crippen molar-refractivity contribution in [2.75, 3.05) is 0 Å². The largest absolute Gasteiger partial charge is 0.291 e. The fraction of sp³-hybridized carbons (Fsp3) is 0.125. The van der Waals surface area contributed by atoms with Gasteiger partial charge in [0.05, 0.1) is 0 Å². The summed E-state index contributed by atoms with van der Waals surface area (Å²) in [6, 6.07) is 8.84. The van der Waals surface area contributed by atoms with Gasteiger partial charge < -0.3 is 0 Å². The van der Waals surface area contributed by atoms with Crippen LogP contribution in [0, 0.1) is 0 Å². The number of rotatable bonds is 3. The van der Waals surface area contributed by atoms with Crippen LogP contribution >= 0.6 is 33.3 Å². The lowest BCUT2D eigenvalue weighted by molar-refractivity contribution is 0.101. The average Bonchev–Trinajstić information content (AvgIpc) is 2.17. The van der Waals surface area contributed by atoms with Crippen LogP contribution in [0.1, 0.15) is 10.4 Å². The Balaban J connectivity index is 2.79. The van der Waals surface area contributed by atoms with Gasteiger partial charge in [-0.2, -0.15) is 0 Å². The van der Waals surface area contributed by atoms with Gasteiger partial charge in [0.2, 0.25) is 0 Å². The Morgan fingerprint density at radius 3 is 2.42 bits per heavy atom. The highest BCUT2D eigenvalue weighted by Crippen LogP contribution is 2.23. The second kappa shape index (κ2) is 4.75. The van der Waals surface area contributed by atoms with E-state index in [0.29, 0.717) is 5.56 Å². The maximum atomic E-state index is 11.3. The first-order chi connectivity index (χ1) is 5.75. The fourth-order valence-electron chi connectivity index (χ4n) is 0.774. The lowest BCUT2D eigenvalue weighted by Gasteiger charge is -2.02. The monoisotopic (exact) mass is 220 g/mol. The van der Waals surface area contributed by atoms with E-state index in [1.807, 2.05) is 6.07 Å². The lowest BCUT2D eigenvalue weighted by atomic mass is 10.1. The zero-order valence-electron chi connectivity index (χ0n) is 6.04. The Kier molecular flexibility index (Phi) is 3.92. The number of benzene rings is 1. The van der Waals surface area contributed by atoms with Crippen molar-refractivity contribution in [1.82, 2.24) is 0 Å². The highest BCUT2D eigenvalue weighted by atomic mass is 35.7. The van der Waals surface area contributed by atoms with Crippen LogP contribution in [0.25, 0.3) is 0 Å². The van der Waals surface area contributed by atoms with E-state index in [2.05, 4.69) is 0 Å². The summed E-state index contributed by atoms with van der Waals surface area (Å²) in [6.07, 6.45) is 0. The van der Waals surface area contributed by atoms with Gasteiger partial charge in [0.1, 0.15) is 0 Å². The van der Waals surface area contributed by atoms with Crippen LogP contribution in [0.5, 0.6) is 0 Å². The first-order valence-electron chi connectivity index (χ1n) is 3.26. The van der Waals surface area contributed by atoms with Gasteiger partial charge in [0, 0.05) is 5.56 Å². The van der Waals surface area contributed by atoms with E-state index in [-0.39, 0.29) is 5.78 Å². The molecule has 0 fully saturated rings. The van der Waals surface area contributed by atoms with Crippen molar-refractivity contribution in [2.24, 2.45) is 0 Å². The van der Waals surface area contributed by atoms with E-state index in [1.165, 1.54) is 0 Å². The zero-order chi connectivity index (χ0) is 8.97. The van der Waals surface area contributed by atoms with E-state index >= 15 is 0 Å². The SMILES string of the molecule is O=C(c1ccccc1)C(Cl)SCl. The Morgan fingerprint density at radius 2 is 1.92 bits per heavy atom. The minimum Gasteiger partial charge on any atom is -0.291 e. The van der Waals surface area contributed by atoms with Gasteiger partial charge in [-0.1, -0.05) is 30.3 Å². The van der Waals surface area contributed by atoms with Crippen molar-refractivity contribution in [3.8, 4) is 0 Å². The number of alkyl halides is 1. The summed E-state index contributed by atoms with van der Waals surface area (Å²) in [5.41, 5.74) is 0.589. The van der Waals surface area contributed by atoms with E-state index < -0.39 is 4.71 Å². The molecule has 0 aliphatic carbocycles. The van der Waals surface area contributed by atoms with E-state index in [4.69, 9.17) is 22.3 Å². The number of carbonyl (C=O) groups excluding carboxylic acids is 1. The molecular formula is C8H6Cl2OS. The van der Waals surface area contributed by atoms with Crippen LogP contribution < -0.4 is 0 Å². The molecule has 0 radical (unpaired) electrons. The van der Waals surface area contributed by atoms with Gasteiger partial charge in [-0.25, -0.2) is 0 Å². The van der Waals surface area contributed by atoms with Gasteiger partial charge in [0.15, 0.2) is 10.5 Å². The van der Waals surface area contributed by atoms with Gasteiger partial charge >= 0.3 is 0 Å². The Labute approximate surface area is 84.6 Å². The first-order valence-corrected chi connectivity index (χ1v) is 5.40. The molecule has 0 saturated carbocycles. The summed E-state index contributed by atoms with van der Waals surface area (Å²) in [7, 11) is 6.18. The molecule has 12 heavy (non-hydrogen) atoms. The zero-order valence-corrected chi connectivity index (χ0v) is 8.36. The maximum Gasteiger partial charge on any atom is 0.191 e. The van der Waals surface area contributed by atoms with Gasteiger partial charge in [-0.05, 0) is 21.7 Å². The standard InChI is InChI=1S/C8H6Cl2OS/c9-8(12-10)7(11)6-4-2-1-3-5-6/h1-5,8H. The molecule has 1 unspecified atom stereocenters. The van der Waals surface area contributed by atoms with E-state index in [1.54, 1.807) is 24.3 Å². The maximum absolute atomic E-state index is 11.3. The van der Waals surface area contributed by atoms with Crippen molar-refractivity contribution in [2.45, 2.75) is 4.71 Å². The predicted octanol–water partition coefficient (Wildman–Crippen LogP) is 3.32. The molecule has 0 amide bonds. The Morgan fingerprint density at radius 1 is 1.33 bits per heavy atom. The van der Waals surface area contributed by atoms with Crippen LogP contribution in [0.15, 0.2) is 30.3 Å². The van der Waals surface area contributed by atoms with Gasteiger partial charge in [-0.15, -0.1) is 11.6 Å². The van der Waals surface area contributed by atoms with E-state index in [9.17, 15) is 4.79 Å². The topological polar surface area (TPSA) is 17.1 Å². The van der Waals surface area contributed by atoms with Crippen molar-refractivity contribution >= 4 is 39.0 Å². The molecular weight excluding hydrogens is 215 g/mol. The molecule has 0 aliphatic rings. The molecule has 0 saturated heterocycles. The summed E-state index contributed by atoms with van der Waals surface area (Å²) in [5.74, 6) is -0.155. The third-order valence-electron chi connectivity index (χ3n) is 1.34. The summed E-state index contributed by atoms with van der Waals surface area (Å²) >= 11 is 5.63. The van der Waals surface area contributed by atoms with Crippen molar-refractivity contribution in [3.63, 3.8) is 0 Å². The van der Waals surface area contributed by atoms with Crippen LogP contribution in [-0.4, -0.2) is 10.5 Å². The first kappa shape index (κ1) is 9.90. The molecule has 0 bridgehead atoms. The minimum absolute atomic E-state index is 0.155.